The van der Waals surface area contributed by atoms with Gasteiger partial charge in [-0.25, -0.2) is 14.8 Å². The minimum absolute atomic E-state index is 0.287. The maximum atomic E-state index is 12.2. The average Bonchev–Trinajstić information content (AvgIpc) is 3.04. The molecule has 0 atom stereocenters. The van der Waals surface area contributed by atoms with E-state index in [0.717, 1.165) is 10.6 Å². The molecule has 1 N–H and O–H groups in total. The second-order valence-electron chi connectivity index (χ2n) is 4.45. The molecular formula is C15H13N5OS. The third-order valence-corrected chi connectivity index (χ3v) is 3.86. The van der Waals surface area contributed by atoms with Gasteiger partial charge in [0.1, 0.15) is 16.6 Å². The number of hydrogen-bond donors (Lipinski definition) is 1. The van der Waals surface area contributed by atoms with Gasteiger partial charge in [0.2, 0.25) is 0 Å². The minimum Gasteiger partial charge on any atom is -0.291 e. The van der Waals surface area contributed by atoms with Gasteiger partial charge in [-0.15, -0.1) is 11.3 Å². The Morgan fingerprint density at radius 3 is 2.73 bits per heavy atom. The SMILES string of the molecule is CN(C(=O)Nc1csc(-c2ccncc2)n1)c1ccccn1. The summed E-state index contributed by atoms with van der Waals surface area (Å²) >= 11 is 1.46. The highest BCUT2D eigenvalue weighted by Crippen LogP contribution is 2.25. The van der Waals surface area contributed by atoms with E-state index in [2.05, 4.69) is 20.3 Å². The van der Waals surface area contributed by atoms with Crippen molar-refractivity contribution >= 4 is 29.0 Å². The number of hydrogen-bond acceptors (Lipinski definition) is 5. The number of nitrogens with zero attached hydrogens (tertiary/aromatic N) is 4. The lowest BCUT2D eigenvalue weighted by atomic mass is 10.3. The number of anilines is 2. The number of carbonyl (C=O) groups excluding carboxylic acids is 1. The summed E-state index contributed by atoms with van der Waals surface area (Å²) in [5.74, 6) is 1.09. The number of nitrogens with one attached hydrogen (secondary N) is 1. The zero-order chi connectivity index (χ0) is 15.4. The van der Waals surface area contributed by atoms with Crippen LogP contribution in [0.15, 0.2) is 54.3 Å². The van der Waals surface area contributed by atoms with E-state index in [1.165, 1.54) is 16.2 Å². The highest BCUT2D eigenvalue weighted by molar-refractivity contribution is 7.13. The molecule has 0 aromatic carbocycles. The van der Waals surface area contributed by atoms with Crippen LogP contribution in [0.5, 0.6) is 0 Å². The van der Waals surface area contributed by atoms with E-state index in [1.807, 2.05) is 18.2 Å². The first-order valence-electron chi connectivity index (χ1n) is 6.56. The molecule has 110 valence electrons. The van der Waals surface area contributed by atoms with Crippen LogP contribution in [0.25, 0.3) is 10.6 Å². The summed E-state index contributed by atoms with van der Waals surface area (Å²) in [6, 6.07) is 8.87. The summed E-state index contributed by atoms with van der Waals surface area (Å²) in [4.78, 5) is 26.1. The van der Waals surface area contributed by atoms with Crippen molar-refractivity contribution in [1.82, 2.24) is 15.0 Å². The molecule has 6 nitrogen and oxygen atoms in total. The third kappa shape index (κ3) is 3.09. The second-order valence-corrected chi connectivity index (χ2v) is 5.31. The Labute approximate surface area is 131 Å². The van der Waals surface area contributed by atoms with Crippen LogP contribution in [-0.2, 0) is 0 Å². The molecule has 0 fully saturated rings. The number of amides is 2. The summed E-state index contributed by atoms with van der Waals surface area (Å²) in [6.07, 6.45) is 5.07. The van der Waals surface area contributed by atoms with Crippen LogP contribution in [-0.4, -0.2) is 28.0 Å². The van der Waals surface area contributed by atoms with Crippen LogP contribution in [0.2, 0.25) is 0 Å². The highest BCUT2D eigenvalue weighted by Gasteiger charge is 2.13. The summed E-state index contributed by atoms with van der Waals surface area (Å²) in [7, 11) is 1.66. The van der Waals surface area contributed by atoms with Gasteiger partial charge in [0.05, 0.1) is 0 Å². The van der Waals surface area contributed by atoms with Gasteiger partial charge in [-0.05, 0) is 24.3 Å². The van der Waals surface area contributed by atoms with Crippen molar-refractivity contribution in [2.75, 3.05) is 17.3 Å². The van der Waals surface area contributed by atoms with Crippen molar-refractivity contribution in [3.05, 3.63) is 54.3 Å². The third-order valence-electron chi connectivity index (χ3n) is 2.96. The standard InChI is InChI=1S/C15H13N5OS/c1-20(13-4-2-3-7-17-13)15(21)19-12-10-22-14(18-12)11-5-8-16-9-6-11/h2-10H,1H3,(H,19,21). The normalized spacial score (nSPS) is 10.2. The summed E-state index contributed by atoms with van der Waals surface area (Å²) in [5, 5.41) is 5.40. The smallest absolute Gasteiger partial charge is 0.291 e. The maximum absolute atomic E-state index is 12.2. The topological polar surface area (TPSA) is 71.0 Å². The van der Waals surface area contributed by atoms with Crippen LogP contribution in [0.3, 0.4) is 0 Å². The molecular weight excluding hydrogens is 298 g/mol. The Morgan fingerprint density at radius 1 is 1.18 bits per heavy atom. The fourth-order valence-electron chi connectivity index (χ4n) is 1.81. The van der Waals surface area contributed by atoms with E-state index < -0.39 is 0 Å². The van der Waals surface area contributed by atoms with Gasteiger partial charge in [-0.1, -0.05) is 6.07 Å². The molecule has 0 saturated carbocycles. The number of thiazole rings is 1. The number of carbonyl (C=O) groups is 1. The van der Waals surface area contributed by atoms with Gasteiger partial charge in [-0.3, -0.25) is 15.2 Å². The Balaban J connectivity index is 1.71. The predicted octanol–water partition coefficient (Wildman–Crippen LogP) is 3.27. The number of aromatic nitrogens is 3. The lowest BCUT2D eigenvalue weighted by Crippen LogP contribution is -2.31. The average molecular weight is 311 g/mol. The molecule has 22 heavy (non-hydrogen) atoms. The van der Waals surface area contributed by atoms with Crippen molar-refractivity contribution < 1.29 is 4.79 Å². The zero-order valence-electron chi connectivity index (χ0n) is 11.8. The molecule has 0 aliphatic heterocycles. The van der Waals surface area contributed by atoms with Crippen molar-refractivity contribution in [3.8, 4) is 10.6 Å². The molecule has 3 aromatic rings. The van der Waals surface area contributed by atoms with E-state index in [0.29, 0.717) is 11.6 Å². The molecule has 0 aliphatic carbocycles. The molecule has 3 aromatic heterocycles. The highest BCUT2D eigenvalue weighted by atomic mass is 32.1. The Bertz CT molecular complexity index is 760. The molecule has 0 unspecified atom stereocenters. The molecule has 7 heteroatoms. The van der Waals surface area contributed by atoms with Gasteiger partial charge in [0.15, 0.2) is 0 Å². The van der Waals surface area contributed by atoms with Crippen LogP contribution in [0, 0.1) is 0 Å². The molecule has 0 saturated heterocycles. The Kier molecular flexibility index (Phi) is 4.06. The van der Waals surface area contributed by atoms with Gasteiger partial charge in [0, 0.05) is 36.6 Å². The summed E-state index contributed by atoms with van der Waals surface area (Å²) < 4.78 is 0. The van der Waals surface area contributed by atoms with Crippen molar-refractivity contribution in [3.63, 3.8) is 0 Å². The quantitative estimate of drug-likeness (QED) is 0.806. The predicted molar refractivity (Wildman–Crippen MR) is 87.0 cm³/mol. The van der Waals surface area contributed by atoms with Gasteiger partial charge >= 0.3 is 6.03 Å². The largest absolute Gasteiger partial charge is 0.328 e. The molecule has 0 aliphatic rings. The van der Waals surface area contributed by atoms with Crippen molar-refractivity contribution in [2.24, 2.45) is 0 Å². The van der Waals surface area contributed by atoms with E-state index in [9.17, 15) is 4.79 Å². The van der Waals surface area contributed by atoms with Crippen LogP contribution in [0.1, 0.15) is 0 Å². The Hall–Kier alpha value is -2.80. The number of pyridine rings is 2. The first-order valence-corrected chi connectivity index (χ1v) is 7.43. The Morgan fingerprint density at radius 2 is 2.00 bits per heavy atom. The monoisotopic (exact) mass is 311 g/mol. The molecule has 3 rings (SSSR count). The van der Waals surface area contributed by atoms with Crippen LogP contribution < -0.4 is 10.2 Å². The minimum atomic E-state index is -0.287. The first-order chi connectivity index (χ1) is 10.7. The fraction of sp³-hybridized carbons (Fsp3) is 0.0667. The molecule has 0 bridgehead atoms. The number of urea groups is 1. The van der Waals surface area contributed by atoms with Crippen LogP contribution >= 0.6 is 11.3 Å². The lowest BCUT2D eigenvalue weighted by molar-refractivity contribution is 0.258. The van der Waals surface area contributed by atoms with E-state index in [1.54, 1.807) is 43.2 Å². The number of rotatable bonds is 3. The summed E-state index contributed by atoms with van der Waals surface area (Å²) in [5.41, 5.74) is 0.971. The van der Waals surface area contributed by atoms with E-state index in [4.69, 9.17) is 0 Å². The van der Waals surface area contributed by atoms with Gasteiger partial charge < -0.3 is 0 Å². The zero-order valence-corrected chi connectivity index (χ0v) is 12.6. The second kappa shape index (κ2) is 6.31. The maximum Gasteiger partial charge on any atom is 0.328 e. The fourth-order valence-corrected chi connectivity index (χ4v) is 2.57. The molecule has 2 amide bonds. The first kappa shape index (κ1) is 14.2. The van der Waals surface area contributed by atoms with Crippen molar-refractivity contribution in [1.29, 1.82) is 0 Å². The van der Waals surface area contributed by atoms with Gasteiger partial charge in [-0.2, -0.15) is 0 Å². The van der Waals surface area contributed by atoms with Crippen molar-refractivity contribution in [2.45, 2.75) is 0 Å². The van der Waals surface area contributed by atoms with E-state index >= 15 is 0 Å². The van der Waals surface area contributed by atoms with Gasteiger partial charge in [0.25, 0.3) is 0 Å². The molecule has 3 heterocycles. The van der Waals surface area contributed by atoms with E-state index in [-0.39, 0.29) is 6.03 Å². The van der Waals surface area contributed by atoms with Crippen LogP contribution in [0.4, 0.5) is 16.4 Å². The summed E-state index contributed by atoms with van der Waals surface area (Å²) in [6.45, 7) is 0. The molecule has 0 radical (unpaired) electrons. The lowest BCUT2D eigenvalue weighted by Gasteiger charge is -2.15. The molecule has 0 spiro atoms.